The molecule has 0 aliphatic heterocycles. The zero-order chi connectivity index (χ0) is 14.9. The van der Waals surface area contributed by atoms with Crippen molar-refractivity contribution in [3.05, 3.63) is 33.3 Å². The van der Waals surface area contributed by atoms with Crippen molar-refractivity contribution in [1.29, 1.82) is 0 Å². The Balaban J connectivity index is 2.46. The van der Waals surface area contributed by atoms with Crippen LogP contribution in [0, 0.1) is 10.1 Å². The van der Waals surface area contributed by atoms with E-state index in [1.807, 2.05) is 0 Å². The maximum Gasteiger partial charge on any atom is 0.270 e. The largest absolute Gasteiger partial charge is 0.502 e. The molecule has 1 aromatic heterocycles. The third kappa shape index (κ3) is 3.06. The molecular weight excluding hydrogens is 320 g/mol. The molecular formula is C11H8N2O4S3. The van der Waals surface area contributed by atoms with Crippen LogP contribution in [0.3, 0.4) is 0 Å². The molecule has 2 rings (SSSR count). The van der Waals surface area contributed by atoms with E-state index in [1.54, 1.807) is 0 Å². The summed E-state index contributed by atoms with van der Waals surface area (Å²) >= 11 is 10.5. The van der Waals surface area contributed by atoms with Gasteiger partial charge in [0.25, 0.3) is 5.69 Å². The minimum Gasteiger partial charge on any atom is -0.502 e. The average molecular weight is 328 g/mol. The first-order chi connectivity index (χ1) is 9.38. The Morgan fingerprint density at radius 2 is 2.15 bits per heavy atom. The van der Waals surface area contributed by atoms with Crippen LogP contribution in [-0.2, 0) is 0 Å². The summed E-state index contributed by atoms with van der Waals surface area (Å²) in [6.45, 7) is 0. The van der Waals surface area contributed by atoms with Crippen molar-refractivity contribution in [3.63, 3.8) is 0 Å². The number of hydrogen-bond acceptors (Lipinski definition) is 6. The second-order valence-electron chi connectivity index (χ2n) is 3.95. The molecule has 6 nitrogen and oxygen atoms in total. The number of benzene rings is 1. The molecule has 0 aliphatic carbocycles. The Morgan fingerprint density at radius 3 is 2.70 bits per heavy atom. The van der Waals surface area contributed by atoms with Crippen LogP contribution in [0.1, 0.15) is 17.3 Å². The number of nitro benzene ring substituents is 1. The van der Waals surface area contributed by atoms with Gasteiger partial charge in [-0.15, -0.1) is 11.3 Å². The fourth-order valence-electron chi connectivity index (χ4n) is 1.65. The molecule has 1 heterocycles. The molecule has 0 aliphatic rings. The lowest BCUT2D eigenvalue weighted by Crippen LogP contribution is -2.13. The standard InChI is InChI=1S/C11H8N2O4S3/c14-9(18)4-6(11(15)19)10-12-7-2-1-5(13(16)17)3-8(7)20-10/h1-3,6H,4H2,(H,14,18)(H,15,19). The molecule has 2 aromatic rings. The molecule has 1 aromatic carbocycles. The summed E-state index contributed by atoms with van der Waals surface area (Å²) in [5.41, 5.74) is 0.536. The average Bonchev–Trinajstić information content (AvgIpc) is 2.77. The first-order valence-electron chi connectivity index (χ1n) is 5.38. The van der Waals surface area contributed by atoms with Crippen molar-refractivity contribution < 1.29 is 15.1 Å². The number of hydrogen-bond donors (Lipinski definition) is 2. The van der Waals surface area contributed by atoms with E-state index in [2.05, 4.69) is 17.2 Å². The number of fused-ring (bicyclic) bond motifs is 1. The van der Waals surface area contributed by atoms with Gasteiger partial charge in [0.15, 0.2) is 10.1 Å². The summed E-state index contributed by atoms with van der Waals surface area (Å²) in [6.07, 6.45) is -0.00736. The molecule has 0 fully saturated rings. The molecule has 0 saturated carbocycles. The molecule has 0 bridgehead atoms. The van der Waals surface area contributed by atoms with E-state index in [0.29, 0.717) is 15.2 Å². The highest BCUT2D eigenvalue weighted by molar-refractivity contribution is 7.80. The fourth-order valence-corrected chi connectivity index (χ4v) is 3.19. The Bertz CT molecular complexity index is 713. The van der Waals surface area contributed by atoms with Crippen molar-refractivity contribution in [2.75, 3.05) is 0 Å². The minimum atomic E-state index is -0.682. The van der Waals surface area contributed by atoms with Crippen LogP contribution < -0.4 is 0 Å². The molecule has 2 N–H and O–H groups in total. The Morgan fingerprint density at radius 1 is 1.45 bits per heavy atom. The van der Waals surface area contributed by atoms with E-state index in [-0.39, 0.29) is 22.2 Å². The van der Waals surface area contributed by atoms with Gasteiger partial charge in [0.2, 0.25) is 0 Å². The van der Waals surface area contributed by atoms with Gasteiger partial charge in [-0.2, -0.15) is 0 Å². The molecule has 0 radical (unpaired) electrons. The van der Waals surface area contributed by atoms with Crippen LogP contribution in [-0.4, -0.2) is 30.2 Å². The molecule has 9 heteroatoms. The van der Waals surface area contributed by atoms with E-state index < -0.39 is 10.8 Å². The Hall–Kier alpha value is -1.71. The smallest absolute Gasteiger partial charge is 0.270 e. The van der Waals surface area contributed by atoms with Crippen LogP contribution in [0.5, 0.6) is 0 Å². The third-order valence-corrected chi connectivity index (χ3v) is 4.16. The maximum atomic E-state index is 10.7. The van der Waals surface area contributed by atoms with Gasteiger partial charge < -0.3 is 10.2 Å². The molecule has 1 atom stereocenters. The lowest BCUT2D eigenvalue weighted by molar-refractivity contribution is -0.384. The topological polar surface area (TPSA) is 96.5 Å². The van der Waals surface area contributed by atoms with Gasteiger partial charge in [0.05, 0.1) is 21.1 Å². The van der Waals surface area contributed by atoms with Crippen LogP contribution in [0.4, 0.5) is 5.69 Å². The van der Waals surface area contributed by atoms with Gasteiger partial charge in [-0.3, -0.25) is 10.1 Å². The molecule has 0 spiro atoms. The summed E-state index contributed by atoms with van der Waals surface area (Å²) < 4.78 is 0.610. The number of nitro groups is 1. The zero-order valence-corrected chi connectivity index (χ0v) is 12.3. The zero-order valence-electron chi connectivity index (χ0n) is 9.85. The number of rotatable bonds is 5. The monoisotopic (exact) mass is 328 g/mol. The summed E-state index contributed by atoms with van der Waals surface area (Å²) in [6, 6.07) is 4.29. The van der Waals surface area contributed by atoms with Crippen LogP contribution in [0.25, 0.3) is 10.2 Å². The molecule has 0 amide bonds. The summed E-state index contributed by atoms with van der Waals surface area (Å²) in [5.74, 6) is -0.682. The number of thiocarbonyl (C=S) groups is 2. The minimum absolute atomic E-state index is 0.00736. The molecule has 1 unspecified atom stereocenters. The number of aromatic nitrogens is 1. The van der Waals surface area contributed by atoms with E-state index in [1.165, 1.54) is 29.5 Å². The molecule has 104 valence electrons. The van der Waals surface area contributed by atoms with Crippen molar-refractivity contribution in [2.45, 2.75) is 12.3 Å². The van der Waals surface area contributed by atoms with Crippen LogP contribution in [0.15, 0.2) is 18.2 Å². The van der Waals surface area contributed by atoms with Crippen molar-refractivity contribution >= 4 is 61.8 Å². The third-order valence-electron chi connectivity index (χ3n) is 2.57. The van der Waals surface area contributed by atoms with Gasteiger partial charge in [0.1, 0.15) is 5.01 Å². The lowest BCUT2D eigenvalue weighted by atomic mass is 10.1. The number of non-ortho nitro benzene ring substituents is 1. The summed E-state index contributed by atoms with van der Waals surface area (Å²) in [7, 11) is 0. The van der Waals surface area contributed by atoms with Gasteiger partial charge in [0, 0.05) is 18.6 Å². The predicted molar refractivity (Wildman–Crippen MR) is 84.1 cm³/mol. The van der Waals surface area contributed by atoms with Gasteiger partial charge in [-0.25, -0.2) is 4.98 Å². The predicted octanol–water partition coefficient (Wildman–Crippen LogP) is 3.45. The normalized spacial score (nSPS) is 12.2. The van der Waals surface area contributed by atoms with Crippen LogP contribution in [0.2, 0.25) is 0 Å². The first kappa shape index (κ1) is 14.7. The van der Waals surface area contributed by atoms with E-state index in [9.17, 15) is 20.3 Å². The van der Waals surface area contributed by atoms with Crippen molar-refractivity contribution in [2.24, 2.45) is 0 Å². The highest BCUT2D eigenvalue weighted by Crippen LogP contribution is 2.32. The van der Waals surface area contributed by atoms with E-state index >= 15 is 0 Å². The Kier molecular flexibility index (Phi) is 4.21. The number of aliphatic hydroxyl groups is 2. The summed E-state index contributed by atoms with van der Waals surface area (Å²) in [4.78, 5) is 14.5. The van der Waals surface area contributed by atoms with Gasteiger partial charge in [-0.05, 0) is 30.5 Å². The van der Waals surface area contributed by atoms with E-state index in [0.717, 1.165) is 0 Å². The van der Waals surface area contributed by atoms with Crippen LogP contribution >= 0.6 is 35.8 Å². The molecule has 20 heavy (non-hydrogen) atoms. The highest BCUT2D eigenvalue weighted by atomic mass is 32.1. The quantitative estimate of drug-likeness (QED) is 0.493. The molecule has 0 saturated heterocycles. The maximum absolute atomic E-state index is 10.7. The van der Waals surface area contributed by atoms with Gasteiger partial charge >= 0.3 is 0 Å². The Labute approximate surface area is 127 Å². The number of aliphatic hydroxyl groups excluding tert-OH is 2. The fraction of sp³-hybridized carbons (Fsp3) is 0.182. The van der Waals surface area contributed by atoms with Gasteiger partial charge in [-0.1, -0.05) is 0 Å². The lowest BCUT2D eigenvalue weighted by Gasteiger charge is -2.08. The second-order valence-corrected chi connectivity index (χ2v) is 5.90. The summed E-state index contributed by atoms with van der Waals surface area (Å²) in [5, 5.41) is 29.2. The highest BCUT2D eigenvalue weighted by Gasteiger charge is 2.23. The first-order valence-corrected chi connectivity index (χ1v) is 7.01. The van der Waals surface area contributed by atoms with E-state index in [4.69, 9.17) is 12.2 Å². The van der Waals surface area contributed by atoms with Crippen molar-refractivity contribution in [1.82, 2.24) is 4.98 Å². The van der Waals surface area contributed by atoms with Crippen molar-refractivity contribution in [3.8, 4) is 0 Å². The number of thiazole rings is 1. The SMILES string of the molecule is O=[N+]([O-])c1ccc2nc(C(CC(O)=S)C(O)=S)sc2c1. The second kappa shape index (κ2) is 5.73. The number of nitrogens with zero attached hydrogens (tertiary/aromatic N) is 2.